The van der Waals surface area contributed by atoms with E-state index in [-0.39, 0.29) is 11.7 Å². The van der Waals surface area contributed by atoms with E-state index in [0.29, 0.717) is 13.1 Å². The van der Waals surface area contributed by atoms with Crippen LogP contribution in [0.4, 0.5) is 11.4 Å². The summed E-state index contributed by atoms with van der Waals surface area (Å²) in [5.41, 5.74) is 1.65. The molecule has 2 N–H and O–H groups in total. The van der Waals surface area contributed by atoms with Gasteiger partial charge in [-0.05, 0) is 19.1 Å². The van der Waals surface area contributed by atoms with Crippen LogP contribution in [0, 0.1) is 0 Å². The molecule has 0 aromatic heterocycles. The van der Waals surface area contributed by atoms with Crippen LogP contribution in [0.5, 0.6) is 5.75 Å². The summed E-state index contributed by atoms with van der Waals surface area (Å²) in [4.78, 5) is 13.1. The average molecular weight is 192 g/mol. The first kappa shape index (κ1) is 8.87. The first-order chi connectivity index (χ1) is 6.72. The SMILES string of the molecule is CCN1C(=O)CNc2ccc(O)cc21. The Bertz CT molecular complexity index is 376. The number of phenols is 1. The lowest BCUT2D eigenvalue weighted by Gasteiger charge is -2.29. The van der Waals surface area contributed by atoms with Gasteiger partial charge in [-0.2, -0.15) is 0 Å². The lowest BCUT2D eigenvalue weighted by Crippen LogP contribution is -2.39. The van der Waals surface area contributed by atoms with E-state index >= 15 is 0 Å². The zero-order valence-corrected chi connectivity index (χ0v) is 7.95. The maximum absolute atomic E-state index is 11.5. The molecule has 0 spiro atoms. The number of rotatable bonds is 1. The lowest BCUT2D eigenvalue weighted by atomic mass is 10.2. The Labute approximate surface area is 82.2 Å². The maximum atomic E-state index is 11.5. The van der Waals surface area contributed by atoms with E-state index in [2.05, 4.69) is 5.32 Å². The maximum Gasteiger partial charge on any atom is 0.246 e. The number of hydrogen-bond acceptors (Lipinski definition) is 3. The summed E-state index contributed by atoms with van der Waals surface area (Å²) in [5, 5.41) is 12.3. The monoisotopic (exact) mass is 192 g/mol. The van der Waals surface area contributed by atoms with Gasteiger partial charge in [-0.3, -0.25) is 4.79 Å². The molecular formula is C10H12N2O2. The van der Waals surface area contributed by atoms with Crippen LogP contribution in [0.1, 0.15) is 6.92 Å². The first-order valence-electron chi connectivity index (χ1n) is 4.59. The van der Waals surface area contributed by atoms with Crippen LogP contribution in [0.2, 0.25) is 0 Å². The van der Waals surface area contributed by atoms with Crippen LogP contribution in [0.3, 0.4) is 0 Å². The Morgan fingerprint density at radius 3 is 3.07 bits per heavy atom. The molecule has 0 aliphatic carbocycles. The number of likely N-dealkylation sites (N-methyl/N-ethyl adjacent to an activating group) is 1. The van der Waals surface area contributed by atoms with Gasteiger partial charge in [0.1, 0.15) is 5.75 Å². The van der Waals surface area contributed by atoms with Crippen molar-refractivity contribution in [2.45, 2.75) is 6.92 Å². The predicted molar refractivity (Wildman–Crippen MR) is 54.6 cm³/mol. The quantitative estimate of drug-likeness (QED) is 0.657. The van der Waals surface area contributed by atoms with Gasteiger partial charge in [0.2, 0.25) is 5.91 Å². The number of hydrogen-bond donors (Lipinski definition) is 2. The smallest absolute Gasteiger partial charge is 0.246 e. The first-order valence-corrected chi connectivity index (χ1v) is 4.59. The largest absolute Gasteiger partial charge is 0.508 e. The molecule has 2 rings (SSSR count). The molecule has 1 aliphatic rings. The van der Waals surface area contributed by atoms with Gasteiger partial charge in [-0.15, -0.1) is 0 Å². The normalized spacial score (nSPS) is 14.9. The highest BCUT2D eigenvalue weighted by Gasteiger charge is 2.22. The third kappa shape index (κ3) is 1.28. The molecule has 4 heteroatoms. The average Bonchev–Trinajstić information content (AvgIpc) is 2.17. The van der Waals surface area contributed by atoms with Crippen LogP contribution in [0.15, 0.2) is 18.2 Å². The molecule has 1 aliphatic heterocycles. The van der Waals surface area contributed by atoms with Crippen molar-refractivity contribution in [1.82, 2.24) is 0 Å². The van der Waals surface area contributed by atoms with Gasteiger partial charge in [0.25, 0.3) is 0 Å². The number of nitrogens with zero attached hydrogens (tertiary/aromatic N) is 1. The summed E-state index contributed by atoms with van der Waals surface area (Å²) in [5.74, 6) is 0.212. The van der Waals surface area contributed by atoms with Crippen molar-refractivity contribution in [2.75, 3.05) is 23.3 Å². The molecule has 0 bridgehead atoms. The molecule has 0 saturated heterocycles. The van der Waals surface area contributed by atoms with E-state index in [4.69, 9.17) is 0 Å². The highest BCUT2D eigenvalue weighted by molar-refractivity contribution is 6.02. The van der Waals surface area contributed by atoms with Crippen molar-refractivity contribution in [2.24, 2.45) is 0 Å². The summed E-state index contributed by atoms with van der Waals surface area (Å²) in [6.45, 7) is 2.86. The summed E-state index contributed by atoms with van der Waals surface area (Å²) < 4.78 is 0. The minimum absolute atomic E-state index is 0.0330. The zero-order valence-electron chi connectivity index (χ0n) is 7.95. The number of anilines is 2. The number of fused-ring (bicyclic) bond motifs is 1. The Morgan fingerprint density at radius 1 is 1.57 bits per heavy atom. The van der Waals surface area contributed by atoms with Crippen molar-refractivity contribution >= 4 is 17.3 Å². The molecule has 1 amide bonds. The van der Waals surface area contributed by atoms with Crippen LogP contribution in [-0.2, 0) is 4.79 Å². The van der Waals surface area contributed by atoms with Gasteiger partial charge in [0.05, 0.1) is 17.9 Å². The van der Waals surface area contributed by atoms with E-state index in [1.807, 2.05) is 6.92 Å². The molecule has 1 aromatic rings. The topological polar surface area (TPSA) is 52.6 Å². The number of carbonyl (C=O) groups excluding carboxylic acids is 1. The van der Waals surface area contributed by atoms with Gasteiger partial charge < -0.3 is 15.3 Å². The van der Waals surface area contributed by atoms with Gasteiger partial charge >= 0.3 is 0 Å². The van der Waals surface area contributed by atoms with Crippen molar-refractivity contribution in [3.63, 3.8) is 0 Å². The van der Waals surface area contributed by atoms with E-state index in [1.165, 1.54) is 0 Å². The van der Waals surface area contributed by atoms with Crippen LogP contribution in [0.25, 0.3) is 0 Å². The Balaban J connectivity index is 2.49. The summed E-state index contributed by atoms with van der Waals surface area (Å²) in [6, 6.07) is 4.98. The number of amides is 1. The highest BCUT2D eigenvalue weighted by atomic mass is 16.3. The zero-order chi connectivity index (χ0) is 10.1. The third-order valence-electron chi connectivity index (χ3n) is 2.32. The molecule has 1 aromatic carbocycles. The van der Waals surface area contributed by atoms with Crippen molar-refractivity contribution in [1.29, 1.82) is 0 Å². The van der Waals surface area contributed by atoms with E-state index in [0.717, 1.165) is 11.4 Å². The van der Waals surface area contributed by atoms with Gasteiger partial charge in [0, 0.05) is 12.6 Å². The standard InChI is InChI=1S/C10H12N2O2/c1-2-12-9-5-7(13)3-4-8(9)11-6-10(12)14/h3-5,11,13H,2,6H2,1H3. The second kappa shape index (κ2) is 3.21. The number of aromatic hydroxyl groups is 1. The lowest BCUT2D eigenvalue weighted by molar-refractivity contribution is -0.117. The van der Waals surface area contributed by atoms with Crippen molar-refractivity contribution < 1.29 is 9.90 Å². The van der Waals surface area contributed by atoms with Gasteiger partial charge in [-0.1, -0.05) is 0 Å². The Kier molecular flexibility index (Phi) is 2.04. The van der Waals surface area contributed by atoms with E-state index < -0.39 is 0 Å². The molecule has 14 heavy (non-hydrogen) atoms. The van der Waals surface area contributed by atoms with E-state index in [1.54, 1.807) is 23.1 Å². The number of phenolic OH excluding ortho intramolecular Hbond substituents is 1. The van der Waals surface area contributed by atoms with Crippen molar-refractivity contribution in [3.05, 3.63) is 18.2 Å². The minimum atomic E-state index is 0.0330. The second-order valence-electron chi connectivity index (χ2n) is 3.19. The fourth-order valence-electron chi connectivity index (χ4n) is 1.64. The molecule has 4 nitrogen and oxygen atoms in total. The predicted octanol–water partition coefficient (Wildman–Crippen LogP) is 1.17. The molecule has 0 atom stereocenters. The van der Waals surface area contributed by atoms with Crippen LogP contribution < -0.4 is 10.2 Å². The number of nitrogens with one attached hydrogen (secondary N) is 1. The third-order valence-corrected chi connectivity index (χ3v) is 2.32. The van der Waals surface area contributed by atoms with Crippen LogP contribution in [-0.4, -0.2) is 24.1 Å². The molecule has 1 heterocycles. The van der Waals surface area contributed by atoms with E-state index in [9.17, 15) is 9.90 Å². The summed E-state index contributed by atoms with van der Waals surface area (Å²) in [7, 11) is 0. The molecule has 0 radical (unpaired) electrons. The molecule has 0 fully saturated rings. The summed E-state index contributed by atoms with van der Waals surface area (Å²) in [6.07, 6.45) is 0. The Morgan fingerprint density at radius 2 is 2.36 bits per heavy atom. The molecule has 0 saturated carbocycles. The van der Waals surface area contributed by atoms with Crippen LogP contribution >= 0.6 is 0 Å². The fraction of sp³-hybridized carbons (Fsp3) is 0.300. The molecule has 74 valence electrons. The Hall–Kier alpha value is -1.71. The molecule has 0 unspecified atom stereocenters. The minimum Gasteiger partial charge on any atom is -0.508 e. The number of benzene rings is 1. The number of carbonyl (C=O) groups is 1. The van der Waals surface area contributed by atoms with Gasteiger partial charge in [0.15, 0.2) is 0 Å². The van der Waals surface area contributed by atoms with Crippen molar-refractivity contribution in [3.8, 4) is 5.75 Å². The molecular weight excluding hydrogens is 180 g/mol. The second-order valence-corrected chi connectivity index (χ2v) is 3.19. The van der Waals surface area contributed by atoms with Gasteiger partial charge in [-0.25, -0.2) is 0 Å². The fourth-order valence-corrected chi connectivity index (χ4v) is 1.64. The summed E-state index contributed by atoms with van der Waals surface area (Å²) >= 11 is 0. The highest BCUT2D eigenvalue weighted by Crippen LogP contribution is 2.32.